The topological polar surface area (TPSA) is 34.1 Å². The molecule has 1 aromatic rings. The van der Waals surface area contributed by atoms with E-state index in [1.165, 1.54) is 0 Å². The highest BCUT2D eigenvalue weighted by molar-refractivity contribution is 6.02. The molecule has 1 fully saturated rings. The average molecular weight is 216 g/mol. The third kappa shape index (κ3) is 2.06. The molecule has 84 valence electrons. The van der Waals surface area contributed by atoms with Crippen molar-refractivity contribution in [2.75, 3.05) is 0 Å². The van der Waals surface area contributed by atoms with E-state index in [1.54, 1.807) is 0 Å². The van der Waals surface area contributed by atoms with Gasteiger partial charge in [-0.1, -0.05) is 31.2 Å². The smallest absolute Gasteiger partial charge is 0.166 e. The van der Waals surface area contributed by atoms with E-state index in [-0.39, 0.29) is 17.5 Å². The molecule has 1 atom stereocenters. The van der Waals surface area contributed by atoms with E-state index < -0.39 is 0 Å². The van der Waals surface area contributed by atoms with Gasteiger partial charge in [0.05, 0.1) is 0 Å². The molecule has 0 saturated heterocycles. The number of hydrogen-bond acceptors (Lipinski definition) is 2. The second-order valence-corrected chi connectivity index (χ2v) is 4.35. The zero-order chi connectivity index (χ0) is 11.5. The summed E-state index contributed by atoms with van der Waals surface area (Å²) in [6.07, 6.45) is 2.61. The minimum absolute atomic E-state index is 0.0693. The average Bonchev–Trinajstić information content (AvgIpc) is 2.75. The van der Waals surface area contributed by atoms with Crippen molar-refractivity contribution in [1.29, 1.82) is 0 Å². The minimum atomic E-state index is -0.0693. The van der Waals surface area contributed by atoms with Crippen molar-refractivity contribution in [1.82, 2.24) is 0 Å². The third-order valence-electron chi connectivity index (χ3n) is 3.28. The van der Waals surface area contributed by atoms with Gasteiger partial charge in [0.25, 0.3) is 0 Å². The molecule has 1 saturated carbocycles. The predicted molar refractivity (Wildman–Crippen MR) is 62.5 cm³/mol. The summed E-state index contributed by atoms with van der Waals surface area (Å²) < 4.78 is 0. The standard InChI is InChI=1S/C14H16O2/c1-2-10-5-3-4-6-13(10)14(16)11-7-8-12(15)9-11/h3-6,11H,2,7-9H2,1H3. The Morgan fingerprint density at radius 2 is 2.12 bits per heavy atom. The molecule has 0 aliphatic heterocycles. The van der Waals surface area contributed by atoms with E-state index in [1.807, 2.05) is 31.2 Å². The highest BCUT2D eigenvalue weighted by atomic mass is 16.1. The van der Waals surface area contributed by atoms with Crippen LogP contribution in [-0.2, 0) is 11.2 Å². The van der Waals surface area contributed by atoms with Gasteiger partial charge in [0.2, 0.25) is 0 Å². The Balaban J connectivity index is 2.23. The Kier molecular flexibility index (Phi) is 3.18. The van der Waals surface area contributed by atoms with Crippen LogP contribution < -0.4 is 0 Å². The first kappa shape index (κ1) is 11.1. The minimum Gasteiger partial charge on any atom is -0.300 e. The van der Waals surface area contributed by atoms with Crippen molar-refractivity contribution in [3.8, 4) is 0 Å². The fourth-order valence-corrected chi connectivity index (χ4v) is 2.33. The second-order valence-electron chi connectivity index (χ2n) is 4.35. The molecule has 0 N–H and O–H groups in total. The first-order valence-electron chi connectivity index (χ1n) is 5.86. The van der Waals surface area contributed by atoms with Crippen LogP contribution in [0, 0.1) is 5.92 Å². The third-order valence-corrected chi connectivity index (χ3v) is 3.28. The van der Waals surface area contributed by atoms with Gasteiger partial charge in [0, 0.05) is 24.3 Å². The molecule has 1 aliphatic carbocycles. The Hall–Kier alpha value is -1.44. The summed E-state index contributed by atoms with van der Waals surface area (Å²) in [6, 6.07) is 7.71. The molecule has 0 spiro atoms. The number of hydrogen-bond donors (Lipinski definition) is 0. The van der Waals surface area contributed by atoms with Crippen LogP contribution in [0.25, 0.3) is 0 Å². The van der Waals surface area contributed by atoms with Gasteiger partial charge in [0.1, 0.15) is 5.78 Å². The zero-order valence-electron chi connectivity index (χ0n) is 9.53. The number of aryl methyl sites for hydroxylation is 1. The molecular formula is C14H16O2. The maximum atomic E-state index is 12.2. The number of rotatable bonds is 3. The maximum absolute atomic E-state index is 12.2. The van der Waals surface area contributed by atoms with Crippen LogP contribution in [-0.4, -0.2) is 11.6 Å². The SMILES string of the molecule is CCc1ccccc1C(=O)C1CCC(=O)C1. The highest BCUT2D eigenvalue weighted by Crippen LogP contribution is 2.27. The lowest BCUT2D eigenvalue weighted by Gasteiger charge is -2.10. The molecule has 1 aliphatic rings. The molecule has 0 radical (unpaired) electrons. The Bertz CT molecular complexity index is 420. The quantitative estimate of drug-likeness (QED) is 0.728. The van der Waals surface area contributed by atoms with Crippen molar-refractivity contribution in [3.05, 3.63) is 35.4 Å². The number of ketones is 2. The van der Waals surface area contributed by atoms with E-state index in [9.17, 15) is 9.59 Å². The van der Waals surface area contributed by atoms with E-state index in [0.717, 1.165) is 24.0 Å². The van der Waals surface area contributed by atoms with Crippen LogP contribution in [0.2, 0.25) is 0 Å². The van der Waals surface area contributed by atoms with Gasteiger partial charge >= 0.3 is 0 Å². The Morgan fingerprint density at radius 1 is 1.38 bits per heavy atom. The first-order valence-corrected chi connectivity index (χ1v) is 5.86. The zero-order valence-corrected chi connectivity index (χ0v) is 9.53. The molecule has 2 rings (SSSR count). The summed E-state index contributed by atoms with van der Waals surface area (Å²) in [5, 5.41) is 0. The predicted octanol–water partition coefficient (Wildman–Crippen LogP) is 2.80. The molecule has 2 heteroatoms. The molecule has 0 aromatic heterocycles. The van der Waals surface area contributed by atoms with Crippen LogP contribution in [0.5, 0.6) is 0 Å². The van der Waals surface area contributed by atoms with Crippen molar-refractivity contribution in [2.24, 2.45) is 5.92 Å². The van der Waals surface area contributed by atoms with Gasteiger partial charge in [-0.15, -0.1) is 0 Å². The molecule has 1 unspecified atom stereocenters. The van der Waals surface area contributed by atoms with Crippen molar-refractivity contribution < 1.29 is 9.59 Å². The fourth-order valence-electron chi connectivity index (χ4n) is 2.33. The van der Waals surface area contributed by atoms with Gasteiger partial charge in [-0.2, -0.15) is 0 Å². The number of carbonyl (C=O) groups excluding carboxylic acids is 2. The van der Waals surface area contributed by atoms with Crippen molar-refractivity contribution in [3.63, 3.8) is 0 Å². The van der Waals surface area contributed by atoms with Crippen molar-refractivity contribution >= 4 is 11.6 Å². The lowest BCUT2D eigenvalue weighted by molar-refractivity contribution is -0.117. The molecule has 0 heterocycles. The van der Waals surface area contributed by atoms with E-state index in [2.05, 4.69) is 0 Å². The Morgan fingerprint density at radius 3 is 2.75 bits per heavy atom. The summed E-state index contributed by atoms with van der Waals surface area (Å²) in [5.41, 5.74) is 1.90. The normalized spacial score (nSPS) is 20.1. The number of carbonyl (C=O) groups is 2. The van der Waals surface area contributed by atoms with Crippen LogP contribution in [0.3, 0.4) is 0 Å². The maximum Gasteiger partial charge on any atom is 0.166 e. The molecule has 2 nitrogen and oxygen atoms in total. The fraction of sp³-hybridized carbons (Fsp3) is 0.429. The van der Waals surface area contributed by atoms with E-state index in [4.69, 9.17) is 0 Å². The molecule has 1 aromatic carbocycles. The molecule has 16 heavy (non-hydrogen) atoms. The van der Waals surface area contributed by atoms with Gasteiger partial charge in [-0.25, -0.2) is 0 Å². The monoisotopic (exact) mass is 216 g/mol. The summed E-state index contributed by atoms with van der Waals surface area (Å²) in [4.78, 5) is 23.4. The van der Waals surface area contributed by atoms with Crippen LogP contribution in [0.15, 0.2) is 24.3 Å². The van der Waals surface area contributed by atoms with Gasteiger partial charge < -0.3 is 0 Å². The summed E-state index contributed by atoms with van der Waals surface area (Å²) >= 11 is 0. The van der Waals surface area contributed by atoms with Crippen LogP contribution >= 0.6 is 0 Å². The van der Waals surface area contributed by atoms with E-state index >= 15 is 0 Å². The summed E-state index contributed by atoms with van der Waals surface area (Å²) in [5.74, 6) is 0.316. The first-order chi connectivity index (χ1) is 7.72. The molecule has 0 amide bonds. The van der Waals surface area contributed by atoms with E-state index in [0.29, 0.717) is 12.8 Å². The second kappa shape index (κ2) is 4.60. The van der Waals surface area contributed by atoms with Gasteiger partial charge in [-0.05, 0) is 18.4 Å². The van der Waals surface area contributed by atoms with Crippen molar-refractivity contribution in [2.45, 2.75) is 32.6 Å². The highest BCUT2D eigenvalue weighted by Gasteiger charge is 2.29. The number of Topliss-reactive ketones (excluding diaryl/α,β-unsaturated/α-hetero) is 2. The number of benzene rings is 1. The summed E-state index contributed by atoms with van der Waals surface area (Å²) in [7, 11) is 0. The molecule has 0 bridgehead atoms. The Labute approximate surface area is 95.7 Å². The van der Waals surface area contributed by atoms with Crippen LogP contribution in [0.4, 0.5) is 0 Å². The lowest BCUT2D eigenvalue weighted by Crippen LogP contribution is -2.13. The van der Waals surface area contributed by atoms with Gasteiger partial charge in [-0.3, -0.25) is 9.59 Å². The van der Waals surface area contributed by atoms with Crippen LogP contribution in [0.1, 0.15) is 42.1 Å². The molecular weight excluding hydrogens is 200 g/mol. The summed E-state index contributed by atoms with van der Waals surface area (Å²) in [6.45, 7) is 2.05. The lowest BCUT2D eigenvalue weighted by atomic mass is 9.92. The largest absolute Gasteiger partial charge is 0.300 e. The van der Waals surface area contributed by atoms with Gasteiger partial charge in [0.15, 0.2) is 5.78 Å².